The lowest BCUT2D eigenvalue weighted by molar-refractivity contribution is -0.153. The largest absolute Gasteiger partial charge is 0.481 e. The van der Waals surface area contributed by atoms with Crippen LogP contribution in [0.3, 0.4) is 0 Å². The Labute approximate surface area is 148 Å². The Morgan fingerprint density at radius 3 is 2.56 bits per heavy atom. The van der Waals surface area contributed by atoms with E-state index >= 15 is 0 Å². The standard InChI is InChI=1S/C19H26N2O4/c22-17(14-19(18(23)24)7-2-1-3-8-19)20-15-5-4-6-16(13-15)21-9-11-25-12-10-21/h4-6,13H,1-3,7-12,14H2,(H,20,22)(H,23,24). The van der Waals surface area contributed by atoms with Crippen molar-refractivity contribution < 1.29 is 19.4 Å². The molecule has 136 valence electrons. The number of carboxylic acids is 1. The van der Waals surface area contributed by atoms with Crippen LogP contribution >= 0.6 is 0 Å². The lowest BCUT2D eigenvalue weighted by atomic mass is 9.71. The molecule has 1 amide bonds. The first-order valence-electron chi connectivity index (χ1n) is 9.05. The number of nitrogens with zero attached hydrogens (tertiary/aromatic N) is 1. The van der Waals surface area contributed by atoms with Crippen molar-refractivity contribution in [3.05, 3.63) is 24.3 Å². The van der Waals surface area contributed by atoms with E-state index in [2.05, 4.69) is 10.2 Å². The Morgan fingerprint density at radius 2 is 1.88 bits per heavy atom. The Balaban J connectivity index is 1.65. The molecule has 3 rings (SSSR count). The van der Waals surface area contributed by atoms with Gasteiger partial charge in [0.15, 0.2) is 0 Å². The molecule has 0 spiro atoms. The van der Waals surface area contributed by atoms with Gasteiger partial charge >= 0.3 is 5.97 Å². The maximum Gasteiger partial charge on any atom is 0.310 e. The molecule has 0 bridgehead atoms. The van der Waals surface area contributed by atoms with Crippen LogP contribution < -0.4 is 10.2 Å². The van der Waals surface area contributed by atoms with Gasteiger partial charge in [-0.05, 0) is 31.0 Å². The molecule has 25 heavy (non-hydrogen) atoms. The third-order valence-corrected chi connectivity index (χ3v) is 5.27. The van der Waals surface area contributed by atoms with Crippen LogP contribution in [-0.4, -0.2) is 43.3 Å². The quantitative estimate of drug-likeness (QED) is 0.857. The number of hydrogen-bond acceptors (Lipinski definition) is 4. The zero-order valence-corrected chi connectivity index (χ0v) is 14.5. The number of amides is 1. The number of anilines is 2. The SMILES string of the molecule is O=C(CC1(C(=O)O)CCCCC1)Nc1cccc(N2CCOCC2)c1. The molecule has 0 atom stereocenters. The molecule has 6 heteroatoms. The van der Waals surface area contributed by atoms with E-state index in [9.17, 15) is 14.7 Å². The fraction of sp³-hybridized carbons (Fsp3) is 0.579. The van der Waals surface area contributed by atoms with Crippen molar-refractivity contribution in [1.82, 2.24) is 0 Å². The number of carbonyl (C=O) groups is 2. The van der Waals surface area contributed by atoms with E-state index < -0.39 is 11.4 Å². The van der Waals surface area contributed by atoms with Gasteiger partial charge in [0.05, 0.1) is 18.6 Å². The summed E-state index contributed by atoms with van der Waals surface area (Å²) in [7, 11) is 0. The average molecular weight is 346 g/mol. The number of carboxylic acid groups (broad SMARTS) is 1. The third kappa shape index (κ3) is 4.31. The summed E-state index contributed by atoms with van der Waals surface area (Å²) in [6.07, 6.45) is 4.04. The van der Waals surface area contributed by atoms with Crippen LogP contribution in [0.15, 0.2) is 24.3 Å². The Bertz CT molecular complexity index is 620. The van der Waals surface area contributed by atoms with Crippen molar-refractivity contribution in [2.45, 2.75) is 38.5 Å². The van der Waals surface area contributed by atoms with Gasteiger partial charge < -0.3 is 20.1 Å². The molecule has 1 heterocycles. The van der Waals surface area contributed by atoms with Crippen molar-refractivity contribution in [3.8, 4) is 0 Å². The molecule has 0 unspecified atom stereocenters. The summed E-state index contributed by atoms with van der Waals surface area (Å²) >= 11 is 0. The molecule has 1 saturated heterocycles. The number of rotatable bonds is 5. The number of ether oxygens (including phenoxy) is 1. The van der Waals surface area contributed by atoms with Gasteiger partial charge in [-0.25, -0.2) is 0 Å². The molecule has 2 aliphatic rings. The zero-order chi connectivity index (χ0) is 17.7. The van der Waals surface area contributed by atoms with E-state index in [-0.39, 0.29) is 12.3 Å². The van der Waals surface area contributed by atoms with Gasteiger partial charge in [0.1, 0.15) is 0 Å². The van der Waals surface area contributed by atoms with E-state index in [1.165, 1.54) is 0 Å². The van der Waals surface area contributed by atoms with Crippen molar-refractivity contribution in [2.24, 2.45) is 5.41 Å². The minimum absolute atomic E-state index is 0.0457. The number of morpholine rings is 1. The smallest absolute Gasteiger partial charge is 0.310 e. The summed E-state index contributed by atoms with van der Waals surface area (Å²) in [4.78, 5) is 26.4. The van der Waals surface area contributed by atoms with Gasteiger partial charge in [0, 0.05) is 30.9 Å². The molecular formula is C19H26N2O4. The van der Waals surface area contributed by atoms with E-state index in [1.54, 1.807) is 0 Å². The lowest BCUT2D eigenvalue weighted by Crippen LogP contribution is -2.37. The van der Waals surface area contributed by atoms with Crippen molar-refractivity contribution >= 4 is 23.3 Å². The summed E-state index contributed by atoms with van der Waals surface area (Å²) in [5.41, 5.74) is 0.863. The molecule has 0 aromatic heterocycles. The van der Waals surface area contributed by atoms with Gasteiger partial charge in [0.25, 0.3) is 0 Å². The summed E-state index contributed by atoms with van der Waals surface area (Å²) in [6.45, 7) is 3.08. The minimum Gasteiger partial charge on any atom is -0.481 e. The van der Waals surface area contributed by atoms with E-state index in [0.29, 0.717) is 31.7 Å². The van der Waals surface area contributed by atoms with Crippen LogP contribution in [0.25, 0.3) is 0 Å². The molecular weight excluding hydrogens is 320 g/mol. The molecule has 1 saturated carbocycles. The highest BCUT2D eigenvalue weighted by molar-refractivity contribution is 5.94. The maximum atomic E-state index is 12.5. The first-order chi connectivity index (χ1) is 12.1. The molecule has 1 aliphatic heterocycles. The molecule has 1 aliphatic carbocycles. The van der Waals surface area contributed by atoms with E-state index in [4.69, 9.17) is 4.74 Å². The fourth-order valence-corrected chi connectivity index (χ4v) is 3.81. The summed E-state index contributed by atoms with van der Waals surface area (Å²) in [6, 6.07) is 7.71. The van der Waals surface area contributed by atoms with Crippen LogP contribution in [0.5, 0.6) is 0 Å². The van der Waals surface area contributed by atoms with Crippen LogP contribution in [0.4, 0.5) is 11.4 Å². The lowest BCUT2D eigenvalue weighted by Gasteiger charge is -2.32. The first kappa shape index (κ1) is 17.7. The topological polar surface area (TPSA) is 78.9 Å². The van der Waals surface area contributed by atoms with E-state index in [1.807, 2.05) is 24.3 Å². The number of hydrogen-bond donors (Lipinski definition) is 2. The van der Waals surface area contributed by atoms with Crippen molar-refractivity contribution in [3.63, 3.8) is 0 Å². The van der Waals surface area contributed by atoms with E-state index in [0.717, 1.165) is 38.0 Å². The summed E-state index contributed by atoms with van der Waals surface area (Å²) < 4.78 is 5.37. The van der Waals surface area contributed by atoms with Gasteiger partial charge in [-0.2, -0.15) is 0 Å². The molecule has 1 aromatic carbocycles. The van der Waals surface area contributed by atoms with Crippen LogP contribution in [0, 0.1) is 5.41 Å². The second-order valence-corrected chi connectivity index (χ2v) is 7.02. The molecule has 6 nitrogen and oxygen atoms in total. The normalized spacial score (nSPS) is 20.1. The summed E-state index contributed by atoms with van der Waals surface area (Å²) in [5, 5.41) is 12.5. The van der Waals surface area contributed by atoms with Gasteiger partial charge in [-0.15, -0.1) is 0 Å². The Morgan fingerprint density at radius 1 is 1.16 bits per heavy atom. The fourth-order valence-electron chi connectivity index (χ4n) is 3.81. The molecule has 2 fully saturated rings. The van der Waals surface area contributed by atoms with Gasteiger partial charge in [0.2, 0.25) is 5.91 Å². The summed E-state index contributed by atoms with van der Waals surface area (Å²) in [5.74, 6) is -1.06. The highest BCUT2D eigenvalue weighted by Gasteiger charge is 2.41. The number of carbonyl (C=O) groups excluding carboxylic acids is 1. The molecule has 0 radical (unpaired) electrons. The number of aliphatic carboxylic acids is 1. The molecule has 1 aromatic rings. The predicted molar refractivity (Wildman–Crippen MR) is 95.9 cm³/mol. The average Bonchev–Trinajstić information content (AvgIpc) is 2.63. The van der Waals surface area contributed by atoms with Crippen LogP contribution in [0.2, 0.25) is 0 Å². The first-order valence-corrected chi connectivity index (χ1v) is 9.05. The highest BCUT2D eigenvalue weighted by Crippen LogP contribution is 2.39. The van der Waals surface area contributed by atoms with Crippen LogP contribution in [-0.2, 0) is 14.3 Å². The predicted octanol–water partition coefficient (Wildman–Crippen LogP) is 2.89. The van der Waals surface area contributed by atoms with Crippen molar-refractivity contribution in [1.29, 1.82) is 0 Å². The molecule has 2 N–H and O–H groups in total. The number of nitrogens with one attached hydrogen (secondary N) is 1. The van der Waals surface area contributed by atoms with Crippen LogP contribution in [0.1, 0.15) is 38.5 Å². The monoisotopic (exact) mass is 346 g/mol. The Kier molecular flexibility index (Phi) is 5.58. The Hall–Kier alpha value is -2.08. The zero-order valence-electron chi connectivity index (χ0n) is 14.5. The van der Waals surface area contributed by atoms with Crippen molar-refractivity contribution in [2.75, 3.05) is 36.5 Å². The second-order valence-electron chi connectivity index (χ2n) is 7.02. The highest BCUT2D eigenvalue weighted by atomic mass is 16.5. The third-order valence-electron chi connectivity index (χ3n) is 5.27. The van der Waals surface area contributed by atoms with Gasteiger partial charge in [-0.1, -0.05) is 25.3 Å². The maximum absolute atomic E-state index is 12.5. The number of benzene rings is 1. The second kappa shape index (κ2) is 7.87. The van der Waals surface area contributed by atoms with Gasteiger partial charge in [-0.3, -0.25) is 9.59 Å². The minimum atomic E-state index is -0.899.